The summed E-state index contributed by atoms with van der Waals surface area (Å²) >= 11 is 0. The maximum atomic E-state index is 14.8. The number of methoxy groups -OCH3 is 1. The van der Waals surface area contributed by atoms with E-state index >= 15 is 0 Å². The molecule has 1 aliphatic rings. The van der Waals surface area contributed by atoms with Crippen LogP contribution in [-0.4, -0.2) is 84.1 Å². The molecule has 14 heteroatoms. The minimum atomic E-state index is -3.49. The Kier molecular flexibility index (Phi) is 8.46. The zero-order valence-electron chi connectivity index (χ0n) is 21.9. The van der Waals surface area contributed by atoms with E-state index in [1.807, 2.05) is 6.07 Å². The van der Waals surface area contributed by atoms with Crippen LogP contribution < -0.4 is 14.8 Å². The normalized spacial score (nSPS) is 17.9. The van der Waals surface area contributed by atoms with Crippen molar-refractivity contribution in [1.29, 1.82) is 5.26 Å². The van der Waals surface area contributed by atoms with Crippen LogP contribution in [-0.2, 0) is 14.6 Å². The van der Waals surface area contributed by atoms with E-state index in [0.29, 0.717) is 11.3 Å². The molecule has 0 radical (unpaired) electrons. The lowest BCUT2D eigenvalue weighted by Gasteiger charge is -2.35. The molecule has 210 valence electrons. The van der Waals surface area contributed by atoms with Crippen molar-refractivity contribution in [3.05, 3.63) is 48.3 Å². The maximum Gasteiger partial charge on any atom is 0.251 e. The molecule has 4 rings (SSSR count). The number of anilines is 2. The smallest absolute Gasteiger partial charge is 0.251 e. The van der Waals surface area contributed by atoms with Gasteiger partial charge in [-0.1, -0.05) is 0 Å². The van der Waals surface area contributed by atoms with E-state index in [9.17, 15) is 28.0 Å². The number of aliphatic hydroxyl groups is 1. The molecule has 2 unspecified atom stereocenters. The molecule has 40 heavy (non-hydrogen) atoms. The average Bonchev–Trinajstić information content (AvgIpc) is 2.93. The topological polar surface area (TPSA) is 168 Å². The number of carbonyl (C=O) groups is 1. The first-order chi connectivity index (χ1) is 19.0. The Hall–Kier alpha value is -4.35. The van der Waals surface area contributed by atoms with Gasteiger partial charge in [-0.2, -0.15) is 10.2 Å². The molecule has 2 heterocycles. The molecule has 1 fully saturated rings. The van der Waals surface area contributed by atoms with Crippen molar-refractivity contribution in [3.8, 4) is 29.0 Å². The van der Waals surface area contributed by atoms with Gasteiger partial charge in [0, 0.05) is 36.5 Å². The molecule has 12 nitrogen and oxygen atoms in total. The quantitative estimate of drug-likeness (QED) is 0.408. The number of carbonyl (C=O) groups excluding carboxylic acids is 1. The largest absolute Gasteiger partial charge is 0.495 e. The number of amides is 1. The molecule has 3 atom stereocenters. The maximum absolute atomic E-state index is 14.8. The number of piperidine rings is 1. The van der Waals surface area contributed by atoms with Crippen LogP contribution in [0.4, 0.5) is 16.0 Å². The second kappa shape index (κ2) is 11.8. The molecule has 2 N–H and O–H groups in total. The van der Waals surface area contributed by atoms with Gasteiger partial charge in [-0.15, -0.1) is 0 Å². The SMILES string of the molecule is COc1cc(Nc2ncnc(-c3ccc(OC4CCN(C(=O)[C@H](C)O)CC4F)c(C#N)c3)n2)ccc1S(C)(=O)=O. The van der Waals surface area contributed by atoms with E-state index in [4.69, 9.17) is 9.47 Å². The standard InChI is InChI=1S/C26H27FN6O6S/c1-15(34)25(35)33-9-8-21(19(27)13-33)39-20-6-4-16(10-17(20)12-28)24-29-14-30-26(32-24)31-18-5-7-23(40(3,36)37)22(11-18)38-2/h4-7,10-11,14-15,19,21,34H,8-9,13H2,1-3H3,(H,29,30,31,32)/t15-,19?,21?/m0/s1. The number of rotatable bonds is 8. The fourth-order valence-electron chi connectivity index (χ4n) is 4.18. The van der Waals surface area contributed by atoms with Crippen LogP contribution in [0.25, 0.3) is 11.4 Å². The highest BCUT2D eigenvalue weighted by Crippen LogP contribution is 2.30. The fourth-order valence-corrected chi connectivity index (χ4v) is 5.00. The molecular weight excluding hydrogens is 543 g/mol. The van der Waals surface area contributed by atoms with Gasteiger partial charge >= 0.3 is 0 Å². The van der Waals surface area contributed by atoms with E-state index in [0.717, 1.165) is 6.26 Å². The van der Waals surface area contributed by atoms with Gasteiger partial charge in [0.25, 0.3) is 5.91 Å². The highest BCUT2D eigenvalue weighted by Gasteiger charge is 2.34. The first-order valence-electron chi connectivity index (χ1n) is 12.2. The van der Waals surface area contributed by atoms with Gasteiger partial charge in [0.15, 0.2) is 21.8 Å². The number of halogens is 1. The van der Waals surface area contributed by atoms with Gasteiger partial charge in [0.2, 0.25) is 5.95 Å². The summed E-state index contributed by atoms with van der Waals surface area (Å²) in [5.41, 5.74) is 1.10. The fraction of sp³-hybridized carbons (Fsp3) is 0.346. The van der Waals surface area contributed by atoms with Crippen molar-refractivity contribution in [2.45, 2.75) is 36.6 Å². The minimum absolute atomic E-state index is 0.0427. The lowest BCUT2D eigenvalue weighted by molar-refractivity contribution is -0.143. The number of nitriles is 1. The van der Waals surface area contributed by atoms with Crippen LogP contribution in [0.1, 0.15) is 18.9 Å². The monoisotopic (exact) mass is 570 g/mol. The second-order valence-electron chi connectivity index (χ2n) is 9.14. The van der Waals surface area contributed by atoms with Crippen molar-refractivity contribution in [1.82, 2.24) is 19.9 Å². The number of hydrogen-bond acceptors (Lipinski definition) is 11. The summed E-state index contributed by atoms with van der Waals surface area (Å²) in [6.45, 7) is 1.34. The number of benzene rings is 2. The van der Waals surface area contributed by atoms with Crippen LogP contribution in [0.15, 0.2) is 47.6 Å². The number of aliphatic hydroxyl groups excluding tert-OH is 1. The number of ether oxygens (including phenoxy) is 2. The van der Waals surface area contributed by atoms with Crippen molar-refractivity contribution in [2.24, 2.45) is 0 Å². The van der Waals surface area contributed by atoms with E-state index in [-0.39, 0.29) is 53.2 Å². The van der Waals surface area contributed by atoms with Gasteiger partial charge in [0.1, 0.15) is 41.0 Å². The van der Waals surface area contributed by atoms with Gasteiger partial charge in [-0.25, -0.2) is 22.8 Å². The third-order valence-corrected chi connectivity index (χ3v) is 7.31. The Balaban J connectivity index is 1.50. The summed E-state index contributed by atoms with van der Waals surface area (Å²) in [6.07, 6.45) is -1.01. The summed E-state index contributed by atoms with van der Waals surface area (Å²) in [7, 11) is -2.12. The Labute approximate surface area is 230 Å². The summed E-state index contributed by atoms with van der Waals surface area (Å²) in [4.78, 5) is 25.9. The molecule has 2 aromatic carbocycles. The number of hydrogen-bond donors (Lipinski definition) is 2. The first-order valence-corrected chi connectivity index (χ1v) is 14.1. The van der Waals surface area contributed by atoms with Gasteiger partial charge in [-0.05, 0) is 37.3 Å². The lowest BCUT2D eigenvalue weighted by Crippen LogP contribution is -2.51. The second-order valence-corrected chi connectivity index (χ2v) is 11.1. The van der Waals surface area contributed by atoms with Crippen LogP contribution in [0, 0.1) is 11.3 Å². The number of alkyl halides is 1. The number of sulfone groups is 1. The highest BCUT2D eigenvalue weighted by atomic mass is 32.2. The summed E-state index contributed by atoms with van der Waals surface area (Å²) < 4.78 is 49.7. The molecule has 1 aromatic heterocycles. The van der Waals surface area contributed by atoms with E-state index in [2.05, 4.69) is 20.3 Å². The van der Waals surface area contributed by atoms with Gasteiger partial charge in [0.05, 0.1) is 19.2 Å². The van der Waals surface area contributed by atoms with Gasteiger partial charge in [-0.3, -0.25) is 4.79 Å². The molecule has 0 bridgehead atoms. The number of nitrogens with zero attached hydrogens (tertiary/aromatic N) is 5. The van der Waals surface area contributed by atoms with Crippen molar-refractivity contribution in [2.75, 3.05) is 31.8 Å². The Bertz CT molecular complexity index is 1560. The van der Waals surface area contributed by atoms with Crippen LogP contribution >= 0.6 is 0 Å². The van der Waals surface area contributed by atoms with Crippen molar-refractivity contribution in [3.63, 3.8) is 0 Å². The molecule has 3 aromatic rings. The zero-order chi connectivity index (χ0) is 29.0. The first kappa shape index (κ1) is 28.7. The molecule has 0 aliphatic carbocycles. The lowest BCUT2D eigenvalue weighted by atomic mass is 10.0. The third kappa shape index (κ3) is 6.44. The Morgan fingerprint density at radius 3 is 2.67 bits per heavy atom. The average molecular weight is 571 g/mol. The molecule has 0 saturated carbocycles. The van der Waals surface area contributed by atoms with Crippen LogP contribution in [0.2, 0.25) is 0 Å². The predicted molar refractivity (Wildman–Crippen MR) is 142 cm³/mol. The van der Waals surface area contributed by atoms with E-state index in [1.54, 1.807) is 12.1 Å². The van der Waals surface area contributed by atoms with Gasteiger partial charge < -0.3 is 24.8 Å². The molecule has 1 saturated heterocycles. The summed E-state index contributed by atoms with van der Waals surface area (Å²) in [6, 6.07) is 11.2. The van der Waals surface area contributed by atoms with Crippen molar-refractivity contribution >= 4 is 27.4 Å². The Morgan fingerprint density at radius 1 is 1.25 bits per heavy atom. The van der Waals surface area contributed by atoms with E-state index < -0.39 is 34.1 Å². The van der Waals surface area contributed by atoms with Crippen LogP contribution in [0.5, 0.6) is 11.5 Å². The molecule has 1 aliphatic heterocycles. The van der Waals surface area contributed by atoms with Crippen LogP contribution in [0.3, 0.4) is 0 Å². The molecule has 0 spiro atoms. The summed E-state index contributed by atoms with van der Waals surface area (Å²) in [5.74, 6) is 0.205. The minimum Gasteiger partial charge on any atom is -0.495 e. The zero-order valence-corrected chi connectivity index (χ0v) is 22.7. The number of nitrogens with one attached hydrogen (secondary N) is 1. The predicted octanol–water partition coefficient (Wildman–Crippen LogP) is 2.26. The van der Waals surface area contributed by atoms with E-state index in [1.165, 1.54) is 49.5 Å². The number of aromatic nitrogens is 3. The van der Waals surface area contributed by atoms with Crippen molar-refractivity contribution < 1.29 is 32.2 Å². The summed E-state index contributed by atoms with van der Waals surface area (Å²) in [5, 5.41) is 22.2. The third-order valence-electron chi connectivity index (χ3n) is 6.18. The molecule has 1 amide bonds. The number of likely N-dealkylation sites (tertiary alicyclic amines) is 1. The Morgan fingerprint density at radius 2 is 2.02 bits per heavy atom. The molecular formula is C26H27FN6O6S. The highest BCUT2D eigenvalue weighted by molar-refractivity contribution is 7.90.